The van der Waals surface area contributed by atoms with Gasteiger partial charge in [0.25, 0.3) is 0 Å². The normalized spacial score (nSPS) is 12.1. The molecule has 1 aliphatic carbocycles. The first-order valence-electron chi connectivity index (χ1n) is 2.92. The molecule has 0 amide bonds. The second-order valence-corrected chi connectivity index (χ2v) is 3.26. The van der Waals surface area contributed by atoms with Gasteiger partial charge in [-0.15, -0.1) is 49.6 Å². The fraction of sp³-hybridized carbons (Fsp3) is 0.429. The maximum Gasteiger partial charge on any atom is -0.147 e. The van der Waals surface area contributed by atoms with Crippen LogP contribution < -0.4 is 0 Å². The van der Waals surface area contributed by atoms with Gasteiger partial charge >= 0.3 is 62.3 Å². The summed E-state index contributed by atoms with van der Waals surface area (Å²) >= 11 is 1.87. The van der Waals surface area contributed by atoms with E-state index in [0.717, 1.165) is 0 Å². The molecule has 0 saturated heterocycles. The molecule has 5 heteroatoms. The van der Waals surface area contributed by atoms with Gasteiger partial charge < -0.3 is 0 Å². The fourth-order valence-corrected chi connectivity index (χ4v) is 1.69. The summed E-state index contributed by atoms with van der Waals surface area (Å²) in [5.41, 5.74) is 1.55. The molecule has 0 aromatic carbocycles. The van der Waals surface area contributed by atoms with E-state index in [9.17, 15) is 0 Å². The Morgan fingerprint density at radius 2 is 1.75 bits per heavy atom. The zero-order chi connectivity index (χ0) is 5.98. The van der Waals surface area contributed by atoms with Crippen LogP contribution in [0.4, 0.5) is 0 Å². The Bertz CT molecular complexity index is 153. The van der Waals surface area contributed by atoms with Crippen LogP contribution in [0.25, 0.3) is 0 Å². The summed E-state index contributed by atoms with van der Waals surface area (Å²) in [5.74, 6) is 0. The van der Waals surface area contributed by atoms with Crippen molar-refractivity contribution < 1.29 is 21.1 Å². The van der Waals surface area contributed by atoms with E-state index in [1.54, 1.807) is 9.36 Å². The molecule has 0 aliphatic heterocycles. The molecule has 0 bridgehead atoms. The maximum atomic E-state index is 2.24. The third-order valence-electron chi connectivity index (χ3n) is 1.38. The molecule has 74 valence electrons. The van der Waals surface area contributed by atoms with Crippen molar-refractivity contribution in [3.05, 3.63) is 21.5 Å². The van der Waals surface area contributed by atoms with E-state index in [0.29, 0.717) is 0 Å². The van der Waals surface area contributed by atoms with Gasteiger partial charge in [-0.25, -0.2) is 0 Å². The van der Waals surface area contributed by atoms with Crippen molar-refractivity contribution in [2.24, 2.45) is 0 Å². The van der Waals surface area contributed by atoms with Crippen LogP contribution in [0.1, 0.15) is 19.8 Å². The van der Waals surface area contributed by atoms with Crippen molar-refractivity contribution >= 4 is 49.6 Å². The zero-order valence-corrected chi connectivity index (χ0v) is 12.1. The molecule has 0 unspecified atom stereocenters. The number of halogens is 4. The molecular formula is C7H13Cl4Nb. The molecule has 0 radical (unpaired) electrons. The van der Waals surface area contributed by atoms with Crippen molar-refractivity contribution in [3.63, 3.8) is 0 Å². The number of hydrogen-bond acceptors (Lipinski definition) is 0. The quantitative estimate of drug-likeness (QED) is 0.640. The average Bonchev–Trinajstić information content (AvgIpc) is 2.14. The Kier molecular flexibility index (Phi) is 24.0. The van der Waals surface area contributed by atoms with Crippen molar-refractivity contribution in [3.8, 4) is 0 Å². The van der Waals surface area contributed by atoms with Gasteiger partial charge in [-0.3, -0.25) is 0 Å². The molecule has 0 N–H and O–H groups in total. The average molecular weight is 332 g/mol. The van der Waals surface area contributed by atoms with E-state index in [2.05, 4.69) is 19.1 Å². The molecule has 0 heterocycles. The molecule has 1 aliphatic rings. The summed E-state index contributed by atoms with van der Waals surface area (Å²) < 4.78 is 1.60. The van der Waals surface area contributed by atoms with Gasteiger partial charge in [0.2, 0.25) is 0 Å². The number of allylic oxidation sites excluding steroid dienone is 4. The molecule has 0 aromatic rings. The summed E-state index contributed by atoms with van der Waals surface area (Å²) in [7, 11) is 0. The van der Waals surface area contributed by atoms with Crippen LogP contribution in [0.3, 0.4) is 0 Å². The monoisotopic (exact) mass is 330 g/mol. The van der Waals surface area contributed by atoms with Crippen LogP contribution in [0.2, 0.25) is 0 Å². The van der Waals surface area contributed by atoms with E-state index in [1.807, 2.05) is 21.1 Å². The summed E-state index contributed by atoms with van der Waals surface area (Å²) in [6.07, 6.45) is 6.90. The molecular weight excluding hydrogens is 319 g/mol. The van der Waals surface area contributed by atoms with Crippen LogP contribution in [-0.2, 0) is 21.1 Å². The van der Waals surface area contributed by atoms with Crippen molar-refractivity contribution in [2.75, 3.05) is 0 Å². The van der Waals surface area contributed by atoms with Crippen LogP contribution in [0.15, 0.2) is 21.5 Å². The summed E-state index contributed by atoms with van der Waals surface area (Å²) in [4.78, 5) is 0. The van der Waals surface area contributed by atoms with E-state index in [4.69, 9.17) is 0 Å². The minimum absolute atomic E-state index is 0. The predicted molar refractivity (Wildman–Crippen MR) is 60.1 cm³/mol. The van der Waals surface area contributed by atoms with Crippen molar-refractivity contribution in [1.82, 2.24) is 0 Å². The molecule has 1 rings (SSSR count). The number of rotatable bonds is 1. The molecule has 12 heavy (non-hydrogen) atoms. The second-order valence-electron chi connectivity index (χ2n) is 1.93. The van der Waals surface area contributed by atoms with Gasteiger partial charge in [0, 0.05) is 0 Å². The molecule has 0 spiro atoms. The van der Waals surface area contributed by atoms with Crippen molar-refractivity contribution in [1.29, 1.82) is 0 Å². The summed E-state index contributed by atoms with van der Waals surface area (Å²) in [6, 6.07) is 0. The minimum Gasteiger partial charge on any atom is -0.147 e. The molecule has 0 fully saturated rings. The van der Waals surface area contributed by atoms with Gasteiger partial charge in [-0.1, -0.05) is 0 Å². The van der Waals surface area contributed by atoms with Gasteiger partial charge in [0.1, 0.15) is 0 Å². The smallest absolute Gasteiger partial charge is 0.147 e. The Morgan fingerprint density at radius 3 is 1.92 bits per heavy atom. The second kappa shape index (κ2) is 12.4. The fourth-order valence-electron chi connectivity index (χ4n) is 0.862. The SMILES string of the molecule is CCC1=[C]([Nb])CC=C1.Cl.Cl.Cl.Cl. The Labute approximate surface area is 111 Å². The predicted octanol–water partition coefficient (Wildman–Crippen LogP) is 3.84. The topological polar surface area (TPSA) is 0 Å². The summed E-state index contributed by atoms with van der Waals surface area (Å²) in [5, 5.41) is 0. The first kappa shape index (κ1) is 23.3. The maximum absolute atomic E-state index is 2.24. The van der Waals surface area contributed by atoms with Gasteiger partial charge in [0.05, 0.1) is 0 Å². The third kappa shape index (κ3) is 6.85. The largest absolute Gasteiger partial charge is 0.147 e. The minimum atomic E-state index is 0. The van der Waals surface area contributed by atoms with Gasteiger partial charge in [-0.2, -0.15) is 0 Å². The molecule has 0 atom stereocenters. The molecule has 0 aromatic heterocycles. The van der Waals surface area contributed by atoms with E-state index in [1.165, 1.54) is 12.8 Å². The Hall–Kier alpha value is 1.38. The van der Waals surface area contributed by atoms with Gasteiger partial charge in [0.15, 0.2) is 0 Å². The first-order valence-corrected chi connectivity index (χ1v) is 4.02. The van der Waals surface area contributed by atoms with E-state index >= 15 is 0 Å². The van der Waals surface area contributed by atoms with Crippen molar-refractivity contribution in [2.45, 2.75) is 19.8 Å². The zero-order valence-electron chi connectivity index (χ0n) is 6.65. The van der Waals surface area contributed by atoms with E-state index in [-0.39, 0.29) is 49.6 Å². The standard InChI is InChI=1S/C7H9.4ClH.Nb/c1-2-7-5-3-4-6-7;;;;;/h3,5H,2,4H2,1H3;4*1H;. The van der Waals surface area contributed by atoms with Crippen LogP contribution in [0, 0.1) is 0 Å². The van der Waals surface area contributed by atoms with Gasteiger partial charge in [-0.05, 0) is 0 Å². The summed E-state index contributed by atoms with van der Waals surface area (Å²) in [6.45, 7) is 2.21. The van der Waals surface area contributed by atoms with Crippen LogP contribution in [0.5, 0.6) is 0 Å². The van der Waals surface area contributed by atoms with Crippen LogP contribution >= 0.6 is 49.6 Å². The van der Waals surface area contributed by atoms with Crippen LogP contribution in [-0.4, -0.2) is 0 Å². The molecule has 0 nitrogen and oxygen atoms in total. The number of hydrogen-bond donors (Lipinski definition) is 0. The molecule has 0 saturated carbocycles. The van der Waals surface area contributed by atoms with E-state index < -0.39 is 0 Å². The Balaban J connectivity index is -0.0000000800. The third-order valence-corrected chi connectivity index (χ3v) is 2.54. The Morgan fingerprint density at radius 1 is 1.25 bits per heavy atom. The first-order chi connectivity index (χ1) is 3.84.